The lowest BCUT2D eigenvalue weighted by molar-refractivity contribution is -0.139. The minimum absolute atomic E-state index is 0.0839. The van der Waals surface area contributed by atoms with E-state index in [0.717, 1.165) is 11.4 Å². The molecule has 0 atom stereocenters. The second-order valence-corrected chi connectivity index (χ2v) is 6.17. The Balaban J connectivity index is 1.78. The summed E-state index contributed by atoms with van der Waals surface area (Å²) in [5, 5.41) is 2.34. The van der Waals surface area contributed by atoms with Gasteiger partial charge in [-0.15, -0.1) is 11.3 Å². The Morgan fingerprint density at radius 1 is 1.29 bits per heavy atom. The summed E-state index contributed by atoms with van der Waals surface area (Å²) < 4.78 is 4.95. The van der Waals surface area contributed by atoms with Crippen LogP contribution in [0.1, 0.15) is 21.1 Å². The van der Waals surface area contributed by atoms with Gasteiger partial charge in [0.2, 0.25) is 5.78 Å². The molecular weight excluding hydrogens is 308 g/mol. The third-order valence-corrected chi connectivity index (χ3v) is 4.17. The molecule has 0 aliphatic heterocycles. The number of ketones is 1. The van der Waals surface area contributed by atoms with Gasteiger partial charge >= 0.3 is 5.97 Å². The highest BCUT2D eigenvalue weighted by Crippen LogP contribution is 2.14. The Hall–Kier alpha value is -1.73. The number of carbonyl (C=O) groups excluding carboxylic acids is 2. The van der Waals surface area contributed by atoms with Gasteiger partial charge in [0.1, 0.15) is 0 Å². The Bertz CT molecular complexity index is 621. The molecule has 110 valence electrons. The number of nitrogens with zero attached hydrogens (tertiary/aromatic N) is 2. The molecule has 0 saturated heterocycles. The summed E-state index contributed by atoms with van der Waals surface area (Å²) in [7, 11) is 0. The minimum atomic E-state index is -0.451. The van der Waals surface area contributed by atoms with Crippen LogP contribution in [0.3, 0.4) is 0 Å². The average molecular weight is 322 g/mol. The van der Waals surface area contributed by atoms with Gasteiger partial charge in [0.05, 0.1) is 10.6 Å². The molecule has 7 heteroatoms. The normalized spacial score (nSPS) is 10.4. The molecule has 0 unspecified atom stereocenters. The first-order valence-electron chi connectivity index (χ1n) is 6.22. The van der Waals surface area contributed by atoms with Crippen molar-refractivity contribution in [2.75, 3.05) is 12.4 Å². The molecule has 0 radical (unpaired) electrons. The van der Waals surface area contributed by atoms with Crippen LogP contribution in [0.4, 0.5) is 0 Å². The third-order valence-electron chi connectivity index (χ3n) is 2.44. The molecule has 0 aliphatic rings. The largest absolute Gasteiger partial charge is 0.457 e. The van der Waals surface area contributed by atoms with Gasteiger partial charge in [-0.1, -0.05) is 17.8 Å². The summed E-state index contributed by atoms with van der Waals surface area (Å²) in [4.78, 5) is 32.3. The summed E-state index contributed by atoms with van der Waals surface area (Å²) in [6.45, 7) is 3.51. The van der Waals surface area contributed by atoms with Crippen LogP contribution in [-0.4, -0.2) is 34.1 Å². The first kappa shape index (κ1) is 15.7. The van der Waals surface area contributed by atoms with E-state index in [1.54, 1.807) is 12.1 Å². The van der Waals surface area contributed by atoms with Crippen LogP contribution in [0.15, 0.2) is 28.7 Å². The molecule has 0 saturated carbocycles. The number of Topliss-reactive ketones (excluding diaryl/α,β-unsaturated/α-hetero) is 1. The Kier molecular flexibility index (Phi) is 5.46. The Morgan fingerprint density at radius 2 is 2.00 bits per heavy atom. The van der Waals surface area contributed by atoms with Crippen LogP contribution in [0.2, 0.25) is 0 Å². The van der Waals surface area contributed by atoms with Crippen LogP contribution in [-0.2, 0) is 9.53 Å². The second kappa shape index (κ2) is 7.33. The average Bonchev–Trinajstić information content (AvgIpc) is 2.95. The summed E-state index contributed by atoms with van der Waals surface area (Å²) in [5.41, 5.74) is 1.71. The molecule has 0 spiro atoms. The van der Waals surface area contributed by atoms with Gasteiger partial charge in [-0.2, -0.15) is 0 Å². The molecule has 0 fully saturated rings. The van der Waals surface area contributed by atoms with E-state index in [1.807, 2.05) is 25.3 Å². The number of thioether (sulfide) groups is 1. The number of aromatic nitrogens is 2. The molecule has 2 rings (SSSR count). The predicted octanol–water partition coefficient (Wildman–Crippen LogP) is 2.67. The van der Waals surface area contributed by atoms with Crippen LogP contribution in [0.5, 0.6) is 0 Å². The van der Waals surface area contributed by atoms with E-state index in [-0.39, 0.29) is 18.1 Å². The zero-order chi connectivity index (χ0) is 15.2. The van der Waals surface area contributed by atoms with Crippen LogP contribution in [0, 0.1) is 13.8 Å². The smallest absolute Gasteiger partial charge is 0.316 e. The topological polar surface area (TPSA) is 69.2 Å². The predicted molar refractivity (Wildman–Crippen MR) is 81.8 cm³/mol. The number of aryl methyl sites for hydroxylation is 2. The highest BCUT2D eigenvalue weighted by Gasteiger charge is 2.12. The fourth-order valence-corrected chi connectivity index (χ4v) is 2.98. The van der Waals surface area contributed by atoms with Crippen molar-refractivity contribution in [3.63, 3.8) is 0 Å². The molecule has 0 amide bonds. The molecule has 2 aromatic heterocycles. The molecule has 0 bridgehead atoms. The number of hydrogen-bond donors (Lipinski definition) is 0. The lowest BCUT2D eigenvalue weighted by Crippen LogP contribution is -2.15. The standard InChI is InChI=1S/C14H14N2O3S2/c1-9-6-10(2)16-14(15-9)21-8-13(18)19-7-11(17)12-4-3-5-20-12/h3-6H,7-8H2,1-2H3. The number of rotatable bonds is 6. The first-order chi connectivity index (χ1) is 10.0. The van der Waals surface area contributed by atoms with Crippen molar-refractivity contribution in [2.45, 2.75) is 19.0 Å². The molecule has 2 heterocycles. The van der Waals surface area contributed by atoms with Crippen molar-refractivity contribution in [3.8, 4) is 0 Å². The number of thiophene rings is 1. The zero-order valence-corrected chi connectivity index (χ0v) is 13.3. The summed E-state index contributed by atoms with van der Waals surface area (Å²) in [6, 6.07) is 5.36. The van der Waals surface area contributed by atoms with Crippen LogP contribution >= 0.6 is 23.1 Å². The quantitative estimate of drug-likeness (QED) is 0.352. The molecular formula is C14H14N2O3S2. The molecule has 0 aliphatic carbocycles. The van der Waals surface area contributed by atoms with E-state index in [1.165, 1.54) is 23.1 Å². The van der Waals surface area contributed by atoms with Gasteiger partial charge in [0.25, 0.3) is 0 Å². The van der Waals surface area contributed by atoms with E-state index < -0.39 is 5.97 Å². The number of ether oxygens (including phenoxy) is 1. The first-order valence-corrected chi connectivity index (χ1v) is 8.08. The third kappa shape index (κ3) is 4.95. The molecule has 5 nitrogen and oxygen atoms in total. The maximum absolute atomic E-state index is 11.7. The molecule has 0 aromatic carbocycles. The van der Waals surface area contributed by atoms with E-state index in [2.05, 4.69) is 9.97 Å². The Labute approximate surface area is 130 Å². The SMILES string of the molecule is Cc1cc(C)nc(SCC(=O)OCC(=O)c2cccs2)n1. The van der Waals surface area contributed by atoms with Crippen LogP contribution < -0.4 is 0 Å². The van der Waals surface area contributed by atoms with Gasteiger partial charge in [-0.25, -0.2) is 9.97 Å². The fourth-order valence-electron chi connectivity index (χ4n) is 1.58. The summed E-state index contributed by atoms with van der Waals surface area (Å²) >= 11 is 2.53. The minimum Gasteiger partial charge on any atom is -0.457 e. The van der Waals surface area contributed by atoms with E-state index in [0.29, 0.717) is 10.0 Å². The Morgan fingerprint density at radius 3 is 2.62 bits per heavy atom. The lowest BCUT2D eigenvalue weighted by Gasteiger charge is -2.04. The maximum atomic E-state index is 11.7. The van der Waals surface area contributed by atoms with Crippen LogP contribution in [0.25, 0.3) is 0 Å². The van der Waals surface area contributed by atoms with Gasteiger partial charge in [-0.05, 0) is 31.4 Å². The fraction of sp³-hybridized carbons (Fsp3) is 0.286. The highest BCUT2D eigenvalue weighted by molar-refractivity contribution is 7.99. The van der Waals surface area contributed by atoms with Gasteiger partial charge in [0, 0.05) is 11.4 Å². The monoisotopic (exact) mass is 322 g/mol. The number of esters is 1. The van der Waals surface area contributed by atoms with Crippen molar-refractivity contribution >= 4 is 34.9 Å². The van der Waals surface area contributed by atoms with Crippen molar-refractivity contribution in [3.05, 3.63) is 39.8 Å². The summed E-state index contributed by atoms with van der Waals surface area (Å²) in [5.74, 6) is -0.556. The lowest BCUT2D eigenvalue weighted by atomic mass is 10.3. The highest BCUT2D eigenvalue weighted by atomic mass is 32.2. The number of hydrogen-bond acceptors (Lipinski definition) is 7. The number of carbonyl (C=O) groups is 2. The maximum Gasteiger partial charge on any atom is 0.316 e. The van der Waals surface area contributed by atoms with Gasteiger partial charge in [-0.3, -0.25) is 9.59 Å². The van der Waals surface area contributed by atoms with Crippen molar-refractivity contribution < 1.29 is 14.3 Å². The molecule has 0 N–H and O–H groups in total. The van der Waals surface area contributed by atoms with Crippen molar-refractivity contribution in [1.29, 1.82) is 0 Å². The second-order valence-electron chi connectivity index (χ2n) is 4.28. The van der Waals surface area contributed by atoms with E-state index in [4.69, 9.17) is 4.74 Å². The molecule has 21 heavy (non-hydrogen) atoms. The van der Waals surface area contributed by atoms with Crippen molar-refractivity contribution in [2.24, 2.45) is 0 Å². The van der Waals surface area contributed by atoms with E-state index >= 15 is 0 Å². The summed E-state index contributed by atoms with van der Waals surface area (Å²) in [6.07, 6.45) is 0. The molecule has 2 aromatic rings. The van der Waals surface area contributed by atoms with Gasteiger partial charge in [0.15, 0.2) is 11.8 Å². The van der Waals surface area contributed by atoms with Gasteiger partial charge < -0.3 is 4.74 Å². The van der Waals surface area contributed by atoms with Crippen molar-refractivity contribution in [1.82, 2.24) is 9.97 Å². The zero-order valence-electron chi connectivity index (χ0n) is 11.7. The van der Waals surface area contributed by atoms with E-state index in [9.17, 15) is 9.59 Å².